The molecule has 26 heteroatoms. The number of nitrogens with one attached hydrogen (secondary N) is 7. The zero-order valence-electron chi connectivity index (χ0n) is 63.3. The van der Waals surface area contributed by atoms with Gasteiger partial charge in [0.2, 0.25) is 23.6 Å². The van der Waals surface area contributed by atoms with Crippen LogP contribution in [-0.2, 0) is 39.9 Å². The first-order valence-corrected chi connectivity index (χ1v) is 38.7. The number of amides is 7. The first kappa shape index (κ1) is 79.1. The average Bonchev–Trinajstić information content (AvgIpc) is 1.61. The number of β-amino-alcohol motifs (C(OH)–C–C–N with tert-alkyl or cyclic N) is 1. The molecule has 578 valence electrons. The second-order valence-corrected chi connectivity index (χ2v) is 30.4. The molecule has 4 aromatic carbocycles. The molecule has 10 aromatic rings. The summed E-state index contributed by atoms with van der Waals surface area (Å²) in [6.45, 7) is 19.2. The highest BCUT2D eigenvalue weighted by Gasteiger charge is 2.46. The highest BCUT2D eigenvalue weighted by atomic mass is 32.1. The van der Waals surface area contributed by atoms with Crippen LogP contribution in [0.5, 0.6) is 11.6 Å². The van der Waals surface area contributed by atoms with E-state index in [0.717, 1.165) is 119 Å². The van der Waals surface area contributed by atoms with Gasteiger partial charge in [-0.25, -0.2) is 9.97 Å². The number of hydrogen-bond acceptors (Lipinski definition) is 18. The van der Waals surface area contributed by atoms with Gasteiger partial charge in [-0.15, -0.1) is 11.3 Å². The number of ketones is 1. The van der Waals surface area contributed by atoms with Crippen LogP contribution in [0.1, 0.15) is 142 Å². The minimum absolute atomic E-state index is 0.0152. The van der Waals surface area contributed by atoms with E-state index in [1.807, 2.05) is 69.9 Å². The van der Waals surface area contributed by atoms with Crippen molar-refractivity contribution in [2.45, 2.75) is 136 Å². The molecule has 8 N–H and O–H groups in total. The van der Waals surface area contributed by atoms with Crippen molar-refractivity contribution >= 4 is 102 Å². The van der Waals surface area contributed by atoms with Crippen LogP contribution >= 0.6 is 11.3 Å². The van der Waals surface area contributed by atoms with Gasteiger partial charge < -0.3 is 60.8 Å². The first-order chi connectivity index (χ1) is 53.5. The minimum Gasteiger partial charge on any atom is -0.483 e. The first-order valence-electron chi connectivity index (χ1n) is 37.8. The number of aliphatic hydroxyl groups is 1. The average molecular weight is 1520 g/mol. The third-order valence-electron chi connectivity index (χ3n) is 20.5. The Labute approximate surface area is 647 Å². The molecule has 0 aliphatic carbocycles. The number of allylic oxidation sites excluding steroid dienone is 1. The van der Waals surface area contributed by atoms with E-state index in [9.17, 15) is 43.5 Å². The number of aryl methyl sites for hydroxylation is 2. The zero-order valence-corrected chi connectivity index (χ0v) is 64.1. The summed E-state index contributed by atoms with van der Waals surface area (Å²) in [7, 11) is 0. The van der Waals surface area contributed by atoms with Crippen LogP contribution in [0.3, 0.4) is 0 Å². The van der Waals surface area contributed by atoms with Crippen molar-refractivity contribution in [1.82, 2.24) is 66.3 Å². The lowest BCUT2D eigenvalue weighted by atomic mass is 9.76. The van der Waals surface area contributed by atoms with E-state index in [1.54, 1.807) is 47.0 Å². The summed E-state index contributed by atoms with van der Waals surface area (Å²) in [4.78, 5) is 131. The van der Waals surface area contributed by atoms with Crippen molar-refractivity contribution < 1.29 is 57.7 Å². The molecular weight excluding hydrogens is 1430 g/mol. The molecule has 3 aliphatic rings. The van der Waals surface area contributed by atoms with Gasteiger partial charge in [0, 0.05) is 161 Å². The number of Topliss-reactive ketones (excluding diaryl/α,β-unsaturated/α-hetero) is 1. The molecule has 1 unspecified atom stereocenters. The van der Waals surface area contributed by atoms with Crippen LogP contribution in [0.15, 0.2) is 164 Å². The molecular formula is C85H95N13O12S. The Bertz CT molecular complexity index is 5080. The van der Waals surface area contributed by atoms with Crippen molar-refractivity contribution in [1.29, 1.82) is 0 Å². The number of hydrogen-bond donors (Lipinski definition) is 8. The van der Waals surface area contributed by atoms with Crippen molar-refractivity contribution in [3.63, 3.8) is 0 Å². The summed E-state index contributed by atoms with van der Waals surface area (Å²) in [5.74, 6) is -2.58. The third-order valence-corrected chi connectivity index (χ3v) is 21.5. The molecule has 6 aromatic heterocycles. The summed E-state index contributed by atoms with van der Waals surface area (Å²) in [5.41, 5.74) is 13.2. The Balaban J connectivity index is 0.000000207. The maximum absolute atomic E-state index is 14.2. The maximum Gasteiger partial charge on any atom is 0.266 e. The van der Waals surface area contributed by atoms with Gasteiger partial charge in [-0.2, -0.15) is 0 Å². The van der Waals surface area contributed by atoms with Gasteiger partial charge in [-0.3, -0.25) is 53.2 Å². The zero-order chi connectivity index (χ0) is 78.3. The van der Waals surface area contributed by atoms with E-state index >= 15 is 0 Å². The number of thiazole rings is 1. The van der Waals surface area contributed by atoms with Crippen LogP contribution in [0, 0.1) is 18.3 Å². The van der Waals surface area contributed by atoms with E-state index in [2.05, 4.69) is 131 Å². The number of ether oxygens (including phenoxy) is 3. The minimum atomic E-state index is -0.954. The summed E-state index contributed by atoms with van der Waals surface area (Å²) in [6.07, 6.45) is 15.7. The largest absolute Gasteiger partial charge is 0.483 e. The number of piperidine rings is 1. The standard InChI is InChI=1S/C47H60N6O4S.C38H35N7O8/c1-30(34-15-17-35(18-16-34)45-32(3)50-29-58-45)51-31(2)43-26-37(55)28-53(43)46(57)40(47(4,5)6)25-36(54)12-10-8-7-9-11-22-49-44(56)20-14-33-13-19-38-39-27-48-23-21-41(39)52-42(38)24-33;1-22-5-9-30(36(48)43-22)45-37(49)26-3-2-4-31(35(26)38(45)50)52-20-32(46)40-13-15-51-16-14-41-33(47)21-53-34-10-7-24(18-42-34)23-6-8-25-27-19-39-12-11-28(27)44-29(25)17-23/h13,15-19,21,23-24,27,29-30,37,40,43,51-52,55H,2,7-12,14,20,22,25-26,28H2,1,3-6H3,(H,49,56);2-4,6-8,10-12,17-19,30,44H,1,5,9,13-16,20-21H2,(H,40,46)(H,41,47)(H,43,48)/t30-,37+,40+,43-;/m0./s1. The van der Waals surface area contributed by atoms with E-state index in [0.29, 0.717) is 55.9 Å². The van der Waals surface area contributed by atoms with Crippen LogP contribution < -0.4 is 36.1 Å². The highest BCUT2D eigenvalue weighted by molar-refractivity contribution is 7.13. The lowest BCUT2D eigenvalue weighted by Crippen LogP contribution is -2.51. The summed E-state index contributed by atoms with van der Waals surface area (Å²) in [5, 5.41) is 29.6. The van der Waals surface area contributed by atoms with Crippen LogP contribution in [0.4, 0.5) is 0 Å². The number of pyridine rings is 3. The number of likely N-dealkylation sites (tertiary alicyclic amines) is 1. The number of aliphatic hydroxyl groups excluding tert-OH is 1. The number of aromatic amines is 2. The molecule has 0 bridgehead atoms. The van der Waals surface area contributed by atoms with Gasteiger partial charge in [0.1, 0.15) is 17.6 Å². The molecule has 2 saturated heterocycles. The summed E-state index contributed by atoms with van der Waals surface area (Å²) in [6, 6.07) is 31.5. The predicted octanol–water partition coefficient (Wildman–Crippen LogP) is 11.9. The van der Waals surface area contributed by atoms with Gasteiger partial charge >= 0.3 is 0 Å². The van der Waals surface area contributed by atoms with E-state index in [1.165, 1.54) is 12.1 Å². The quantitative estimate of drug-likeness (QED) is 0.0140. The summed E-state index contributed by atoms with van der Waals surface area (Å²) >= 11 is 1.63. The fourth-order valence-electron chi connectivity index (χ4n) is 14.4. The number of imide groups is 1. The van der Waals surface area contributed by atoms with E-state index in [-0.39, 0.29) is 105 Å². The molecule has 5 atom stereocenters. The van der Waals surface area contributed by atoms with Crippen LogP contribution in [0.25, 0.3) is 65.2 Å². The fraction of sp³-hybridized carbons (Fsp3) is 0.365. The van der Waals surface area contributed by atoms with Crippen molar-refractivity contribution in [3.8, 4) is 33.2 Å². The van der Waals surface area contributed by atoms with Gasteiger partial charge in [0.15, 0.2) is 13.2 Å². The van der Waals surface area contributed by atoms with E-state index < -0.39 is 53.7 Å². The van der Waals surface area contributed by atoms with Gasteiger partial charge in [-0.05, 0) is 116 Å². The van der Waals surface area contributed by atoms with Gasteiger partial charge in [0.05, 0.1) is 52.6 Å². The molecule has 7 amide bonds. The maximum atomic E-state index is 14.2. The number of carbonyl (C=O) groups is 8. The molecule has 0 saturated carbocycles. The highest BCUT2D eigenvalue weighted by Crippen LogP contribution is 2.38. The number of unbranched alkanes of at least 4 members (excludes halogenated alkanes) is 4. The molecule has 9 heterocycles. The number of fused-ring (bicyclic) bond motifs is 7. The Morgan fingerprint density at radius 2 is 1.36 bits per heavy atom. The third kappa shape index (κ3) is 19.8. The second kappa shape index (κ2) is 36.4. The Morgan fingerprint density at radius 1 is 0.703 bits per heavy atom. The molecule has 13 rings (SSSR count). The number of rotatable bonds is 33. The normalized spacial score (nSPS) is 16.1. The van der Waals surface area contributed by atoms with Crippen LogP contribution in [0.2, 0.25) is 0 Å². The number of nitrogens with zero attached hydrogens (tertiary/aromatic N) is 6. The molecule has 3 aliphatic heterocycles. The monoisotopic (exact) mass is 1520 g/mol. The predicted molar refractivity (Wildman–Crippen MR) is 426 cm³/mol. The van der Waals surface area contributed by atoms with E-state index in [4.69, 9.17) is 14.2 Å². The number of aromatic nitrogens is 6. The second-order valence-electron chi connectivity index (χ2n) is 29.5. The number of H-pyrrole nitrogens is 2. The number of benzene rings is 4. The Kier molecular flexibility index (Phi) is 25.9. The van der Waals surface area contributed by atoms with Crippen molar-refractivity contribution in [2.75, 3.05) is 52.6 Å². The fourth-order valence-corrected chi connectivity index (χ4v) is 15.2. The smallest absolute Gasteiger partial charge is 0.266 e. The van der Waals surface area contributed by atoms with Crippen LogP contribution in [-0.4, -0.2) is 163 Å². The summed E-state index contributed by atoms with van der Waals surface area (Å²) < 4.78 is 16.6. The molecule has 2 fully saturated rings. The molecule has 0 radical (unpaired) electrons. The lowest BCUT2D eigenvalue weighted by Gasteiger charge is -2.36. The molecule has 0 spiro atoms. The number of carbonyl (C=O) groups excluding carboxylic acids is 8. The van der Waals surface area contributed by atoms with Crippen molar-refractivity contribution in [3.05, 3.63) is 192 Å². The van der Waals surface area contributed by atoms with Crippen molar-refractivity contribution in [2.24, 2.45) is 11.3 Å². The van der Waals surface area contributed by atoms with Gasteiger partial charge in [-0.1, -0.05) is 108 Å². The van der Waals surface area contributed by atoms with Gasteiger partial charge in [0.25, 0.3) is 23.6 Å². The Morgan fingerprint density at radius 3 is 2.04 bits per heavy atom. The molecule has 25 nitrogen and oxygen atoms in total. The molecule has 111 heavy (non-hydrogen) atoms. The topological polar surface area (TPSA) is 334 Å². The Hall–Kier alpha value is -11.5. The SMILES string of the molecule is C=C(N[C@@H](C)c1ccc(-c2scnc2C)cc1)[C@@H]1C[C@@H](O)CN1C(=O)[C@@H](CC(=O)CCCCCCCNC(=O)CCc1ccc2c(c1)[nH]c1ccncc12)C(C)(C)C.C=C1CCC(N2C(=O)c3cccc(OCC(=O)NCCOCCNC(=O)COc4ccc(-c5ccc6c(c5)[nH]c5ccncc56)cn4)c3C2=O)C(=O)N1. The lowest BCUT2D eigenvalue weighted by molar-refractivity contribution is -0.142.